The van der Waals surface area contributed by atoms with Gasteiger partial charge in [-0.3, -0.25) is 13.9 Å². The fourth-order valence-corrected chi connectivity index (χ4v) is 4.31. The van der Waals surface area contributed by atoms with Gasteiger partial charge in [-0.15, -0.1) is 0 Å². The van der Waals surface area contributed by atoms with Gasteiger partial charge in [0.25, 0.3) is 0 Å². The summed E-state index contributed by atoms with van der Waals surface area (Å²) in [6.45, 7) is 6.32. The van der Waals surface area contributed by atoms with Gasteiger partial charge in [-0.05, 0) is 63.6 Å². The first-order valence-electron chi connectivity index (χ1n) is 10.8. The van der Waals surface area contributed by atoms with Crippen molar-refractivity contribution in [3.05, 3.63) is 58.9 Å². The molecule has 2 rings (SSSR count). The number of carbonyl (C=O) groups excluding carboxylic acids is 2. The van der Waals surface area contributed by atoms with Crippen LogP contribution >= 0.6 is 11.6 Å². The van der Waals surface area contributed by atoms with Gasteiger partial charge in [-0.25, -0.2) is 12.8 Å². The van der Waals surface area contributed by atoms with Gasteiger partial charge in [0.2, 0.25) is 21.8 Å². The summed E-state index contributed by atoms with van der Waals surface area (Å²) >= 11 is 6.08. The van der Waals surface area contributed by atoms with Gasteiger partial charge in [-0.1, -0.05) is 23.7 Å². The lowest BCUT2D eigenvalue weighted by atomic mass is 10.1. The van der Waals surface area contributed by atoms with Gasteiger partial charge >= 0.3 is 0 Å². The number of halogens is 2. The SMILES string of the molecule is COc1ccc(Cl)cc1N(CC(=O)N(Cc1ccc(F)cc1)C(C)C(=O)NC(C)(C)C)S(C)(=O)=O. The number of hydrogen-bond donors (Lipinski definition) is 1. The molecule has 2 amide bonds. The molecule has 0 saturated carbocycles. The van der Waals surface area contributed by atoms with Crippen LogP contribution in [0.15, 0.2) is 42.5 Å². The van der Waals surface area contributed by atoms with Crippen LogP contribution in [0.3, 0.4) is 0 Å². The predicted octanol–water partition coefficient (Wildman–Crippen LogP) is 3.59. The standard InChI is InChI=1S/C24H31ClFN3O5S/c1-16(23(31)27-24(2,3)4)28(14-17-7-10-19(26)11-8-17)22(30)15-29(35(6,32)33)20-13-18(25)9-12-21(20)34-5/h7-13,16H,14-15H2,1-6H3,(H,27,31). The summed E-state index contributed by atoms with van der Waals surface area (Å²) in [5.41, 5.74) is 0.105. The molecule has 1 atom stereocenters. The van der Waals surface area contributed by atoms with Gasteiger partial charge in [0.1, 0.15) is 24.2 Å². The molecule has 8 nitrogen and oxygen atoms in total. The van der Waals surface area contributed by atoms with Crippen LogP contribution in [0, 0.1) is 5.82 Å². The molecule has 35 heavy (non-hydrogen) atoms. The lowest BCUT2D eigenvalue weighted by Crippen LogP contribution is -2.54. The van der Waals surface area contributed by atoms with Crippen LogP contribution in [0.2, 0.25) is 5.02 Å². The number of nitrogens with zero attached hydrogens (tertiary/aromatic N) is 2. The molecule has 0 radical (unpaired) electrons. The van der Waals surface area contributed by atoms with Crippen molar-refractivity contribution in [1.82, 2.24) is 10.2 Å². The van der Waals surface area contributed by atoms with Crippen molar-refractivity contribution < 1.29 is 27.1 Å². The van der Waals surface area contributed by atoms with E-state index in [1.54, 1.807) is 27.7 Å². The zero-order valence-corrected chi connectivity index (χ0v) is 22.2. The van der Waals surface area contributed by atoms with Crippen LogP contribution in [0.1, 0.15) is 33.3 Å². The van der Waals surface area contributed by atoms with E-state index >= 15 is 0 Å². The van der Waals surface area contributed by atoms with Gasteiger partial charge in [0.05, 0.1) is 19.1 Å². The Morgan fingerprint density at radius 3 is 2.26 bits per heavy atom. The Hall–Kier alpha value is -2.85. The van der Waals surface area contributed by atoms with E-state index in [1.807, 2.05) is 0 Å². The zero-order valence-electron chi connectivity index (χ0n) is 20.6. The molecule has 0 spiro atoms. The molecule has 11 heteroatoms. The molecule has 0 heterocycles. The second kappa shape index (κ2) is 11.3. The highest BCUT2D eigenvalue weighted by molar-refractivity contribution is 7.92. The normalized spacial score (nSPS) is 12.6. The highest BCUT2D eigenvalue weighted by atomic mass is 35.5. The van der Waals surface area contributed by atoms with Crippen LogP contribution in [-0.2, 0) is 26.2 Å². The number of carbonyl (C=O) groups is 2. The van der Waals surface area contributed by atoms with Crippen LogP contribution in [0.4, 0.5) is 10.1 Å². The summed E-state index contributed by atoms with van der Waals surface area (Å²) in [5.74, 6) is -1.30. The number of hydrogen-bond acceptors (Lipinski definition) is 5. The molecule has 0 aliphatic heterocycles. The average Bonchev–Trinajstić information content (AvgIpc) is 2.74. The number of methoxy groups -OCH3 is 1. The summed E-state index contributed by atoms with van der Waals surface area (Å²) < 4.78 is 45.0. The van der Waals surface area contributed by atoms with Crippen molar-refractivity contribution in [2.45, 2.75) is 45.8 Å². The number of sulfonamides is 1. The largest absolute Gasteiger partial charge is 0.495 e. The first kappa shape index (κ1) is 28.4. The zero-order chi connectivity index (χ0) is 26.6. The van der Waals surface area contributed by atoms with E-state index < -0.39 is 45.8 Å². The van der Waals surface area contributed by atoms with Crippen molar-refractivity contribution in [3.8, 4) is 5.75 Å². The Balaban J connectivity index is 2.47. The smallest absolute Gasteiger partial charge is 0.244 e. The minimum absolute atomic E-state index is 0.0396. The molecule has 0 aliphatic rings. The lowest BCUT2D eigenvalue weighted by molar-refractivity contribution is -0.140. The van der Waals surface area contributed by atoms with Gasteiger partial charge in [0, 0.05) is 17.1 Å². The average molecular weight is 528 g/mol. The van der Waals surface area contributed by atoms with Crippen LogP contribution < -0.4 is 14.4 Å². The van der Waals surface area contributed by atoms with E-state index in [-0.39, 0.29) is 23.0 Å². The van der Waals surface area contributed by atoms with Gasteiger partial charge in [-0.2, -0.15) is 0 Å². The predicted molar refractivity (Wildman–Crippen MR) is 135 cm³/mol. The summed E-state index contributed by atoms with van der Waals surface area (Å²) in [6, 6.07) is 8.96. The molecule has 1 N–H and O–H groups in total. The first-order valence-corrected chi connectivity index (χ1v) is 13.0. The van der Waals surface area contributed by atoms with E-state index in [0.717, 1.165) is 10.6 Å². The maximum atomic E-state index is 13.5. The summed E-state index contributed by atoms with van der Waals surface area (Å²) in [5, 5.41) is 3.08. The fraction of sp³-hybridized carbons (Fsp3) is 0.417. The molecule has 0 bridgehead atoms. The number of rotatable bonds is 9. The number of amides is 2. The number of benzene rings is 2. The van der Waals surface area contributed by atoms with Crippen molar-refractivity contribution in [3.63, 3.8) is 0 Å². The molecule has 0 aliphatic carbocycles. The molecule has 0 aromatic heterocycles. The quantitative estimate of drug-likeness (QED) is 0.537. The summed E-state index contributed by atoms with van der Waals surface area (Å²) in [4.78, 5) is 27.7. The topological polar surface area (TPSA) is 96.0 Å². The van der Waals surface area contributed by atoms with E-state index in [1.165, 1.54) is 54.5 Å². The third kappa shape index (κ3) is 8.10. The third-order valence-electron chi connectivity index (χ3n) is 5.02. The Kier molecular flexibility index (Phi) is 9.13. The molecular formula is C24H31ClFN3O5S. The van der Waals surface area contributed by atoms with E-state index in [0.29, 0.717) is 5.56 Å². The highest BCUT2D eigenvalue weighted by Gasteiger charge is 2.32. The van der Waals surface area contributed by atoms with Crippen LogP contribution in [-0.4, -0.2) is 56.6 Å². The van der Waals surface area contributed by atoms with Crippen molar-refractivity contribution in [2.24, 2.45) is 0 Å². The van der Waals surface area contributed by atoms with Crippen molar-refractivity contribution in [1.29, 1.82) is 0 Å². The van der Waals surface area contributed by atoms with Gasteiger partial charge < -0.3 is 15.0 Å². The molecule has 0 fully saturated rings. The van der Waals surface area contributed by atoms with E-state index in [2.05, 4.69) is 5.32 Å². The Morgan fingerprint density at radius 2 is 1.74 bits per heavy atom. The second-order valence-corrected chi connectivity index (χ2v) is 11.5. The Labute approximate surface area is 211 Å². The Bertz CT molecular complexity index is 1170. The Morgan fingerprint density at radius 1 is 1.14 bits per heavy atom. The molecule has 0 saturated heterocycles. The number of nitrogens with one attached hydrogen (secondary N) is 1. The number of ether oxygens (including phenoxy) is 1. The van der Waals surface area contributed by atoms with E-state index in [9.17, 15) is 22.4 Å². The van der Waals surface area contributed by atoms with Crippen LogP contribution in [0.25, 0.3) is 0 Å². The molecular weight excluding hydrogens is 497 g/mol. The summed E-state index contributed by atoms with van der Waals surface area (Å²) in [6.07, 6.45) is 0.959. The number of anilines is 1. The van der Waals surface area contributed by atoms with Crippen molar-refractivity contribution >= 4 is 39.1 Å². The lowest BCUT2D eigenvalue weighted by Gasteiger charge is -2.33. The molecule has 192 valence electrons. The minimum atomic E-state index is -3.95. The maximum Gasteiger partial charge on any atom is 0.244 e. The highest BCUT2D eigenvalue weighted by Crippen LogP contribution is 2.33. The monoisotopic (exact) mass is 527 g/mol. The fourth-order valence-electron chi connectivity index (χ4n) is 3.30. The van der Waals surface area contributed by atoms with Crippen molar-refractivity contribution in [2.75, 3.05) is 24.2 Å². The van der Waals surface area contributed by atoms with Crippen LogP contribution in [0.5, 0.6) is 5.75 Å². The third-order valence-corrected chi connectivity index (χ3v) is 6.38. The minimum Gasteiger partial charge on any atom is -0.495 e. The molecule has 2 aromatic rings. The molecule has 2 aromatic carbocycles. The van der Waals surface area contributed by atoms with E-state index in [4.69, 9.17) is 16.3 Å². The van der Waals surface area contributed by atoms with Gasteiger partial charge in [0.15, 0.2) is 0 Å². The first-order chi connectivity index (χ1) is 16.1. The molecule has 1 unspecified atom stereocenters. The maximum absolute atomic E-state index is 13.5. The second-order valence-electron chi connectivity index (χ2n) is 9.15. The summed E-state index contributed by atoms with van der Waals surface area (Å²) in [7, 11) is -2.58.